The van der Waals surface area contributed by atoms with E-state index in [0.717, 1.165) is 11.1 Å². The van der Waals surface area contributed by atoms with Crippen LogP contribution in [-0.2, 0) is 5.41 Å². The molecule has 0 aliphatic rings. The van der Waals surface area contributed by atoms with E-state index in [1.54, 1.807) is 6.07 Å². The highest BCUT2D eigenvalue weighted by Crippen LogP contribution is 2.34. The van der Waals surface area contributed by atoms with Crippen molar-refractivity contribution in [3.05, 3.63) is 28.8 Å². The number of ketones is 1. The van der Waals surface area contributed by atoms with Crippen molar-refractivity contribution in [3.63, 3.8) is 0 Å². The highest BCUT2D eigenvalue weighted by molar-refractivity contribution is 6.01. The fraction of sp³-hybridized carbons (Fsp3) is 0.562. The largest absolute Gasteiger partial charge is 0.508 e. The molecular weight excluding hydrogens is 224 g/mol. The van der Waals surface area contributed by atoms with Crippen LogP contribution in [0.1, 0.15) is 63.0 Å². The molecular formula is C16H24O2. The van der Waals surface area contributed by atoms with Gasteiger partial charge in [-0.15, -0.1) is 0 Å². The number of hydrogen-bond acceptors (Lipinski definition) is 2. The van der Waals surface area contributed by atoms with Gasteiger partial charge in [-0.1, -0.05) is 41.5 Å². The molecule has 2 nitrogen and oxygen atoms in total. The first kappa shape index (κ1) is 14.7. The Bertz CT molecular complexity index is 471. The monoisotopic (exact) mass is 248 g/mol. The summed E-state index contributed by atoms with van der Waals surface area (Å²) in [6, 6.07) is 3.54. The Labute approximate surface area is 110 Å². The summed E-state index contributed by atoms with van der Waals surface area (Å²) in [4.78, 5) is 12.4. The molecule has 0 radical (unpaired) electrons. The van der Waals surface area contributed by atoms with Gasteiger partial charge in [0.15, 0.2) is 5.78 Å². The van der Waals surface area contributed by atoms with E-state index in [9.17, 15) is 9.90 Å². The van der Waals surface area contributed by atoms with Crippen LogP contribution >= 0.6 is 0 Å². The summed E-state index contributed by atoms with van der Waals surface area (Å²) in [5.74, 6) is 0.385. The zero-order chi connectivity index (χ0) is 14.3. The zero-order valence-electron chi connectivity index (χ0n) is 12.5. The van der Waals surface area contributed by atoms with Crippen LogP contribution in [0.4, 0.5) is 0 Å². The van der Waals surface area contributed by atoms with E-state index < -0.39 is 5.41 Å². The lowest BCUT2D eigenvalue weighted by Gasteiger charge is -2.24. The topological polar surface area (TPSA) is 37.3 Å². The van der Waals surface area contributed by atoms with Gasteiger partial charge in [0.25, 0.3) is 0 Å². The van der Waals surface area contributed by atoms with E-state index in [1.165, 1.54) is 0 Å². The van der Waals surface area contributed by atoms with E-state index >= 15 is 0 Å². The molecule has 0 saturated carbocycles. The number of carbonyl (C=O) groups is 1. The van der Waals surface area contributed by atoms with Crippen molar-refractivity contribution < 1.29 is 9.90 Å². The van der Waals surface area contributed by atoms with Crippen LogP contribution in [0.3, 0.4) is 0 Å². The Morgan fingerprint density at radius 2 is 1.56 bits per heavy atom. The first-order chi connectivity index (χ1) is 7.94. The maximum atomic E-state index is 12.4. The van der Waals surface area contributed by atoms with Gasteiger partial charge in [-0.05, 0) is 35.6 Å². The number of Topliss-reactive ketones (excluding diaryl/α,β-unsaturated/α-hetero) is 1. The summed E-state index contributed by atoms with van der Waals surface area (Å²) in [7, 11) is 0. The van der Waals surface area contributed by atoms with Crippen LogP contribution in [0.25, 0.3) is 0 Å². The maximum Gasteiger partial charge on any atom is 0.168 e. The van der Waals surface area contributed by atoms with E-state index in [4.69, 9.17) is 0 Å². The van der Waals surface area contributed by atoms with Crippen LogP contribution in [0, 0.1) is 12.3 Å². The standard InChI is InChI=1S/C16H24O2/c1-10-8-13(17)12(15(2,3)4)9-11(10)14(18)16(5,6)7/h8-9,17H,1-7H3. The number of rotatable bonds is 1. The van der Waals surface area contributed by atoms with Gasteiger partial charge in [-0.3, -0.25) is 4.79 Å². The van der Waals surface area contributed by atoms with Crippen molar-refractivity contribution in [2.75, 3.05) is 0 Å². The number of aromatic hydroxyl groups is 1. The van der Waals surface area contributed by atoms with Gasteiger partial charge in [-0.25, -0.2) is 0 Å². The first-order valence-corrected chi connectivity index (χ1v) is 6.33. The Kier molecular flexibility index (Phi) is 3.62. The highest BCUT2D eigenvalue weighted by atomic mass is 16.3. The third-order valence-corrected chi connectivity index (χ3v) is 3.08. The fourth-order valence-electron chi connectivity index (χ4n) is 1.94. The molecule has 1 rings (SSSR count). The van der Waals surface area contributed by atoms with Crippen LogP contribution in [0.15, 0.2) is 12.1 Å². The lowest BCUT2D eigenvalue weighted by molar-refractivity contribution is 0.0857. The molecule has 18 heavy (non-hydrogen) atoms. The predicted molar refractivity (Wildman–Crippen MR) is 75.3 cm³/mol. The summed E-state index contributed by atoms with van der Waals surface area (Å²) in [6.45, 7) is 13.7. The third-order valence-electron chi connectivity index (χ3n) is 3.08. The van der Waals surface area contributed by atoms with E-state index in [1.807, 2.05) is 54.5 Å². The normalized spacial score (nSPS) is 12.6. The first-order valence-electron chi connectivity index (χ1n) is 6.33. The minimum absolute atomic E-state index is 0.116. The third kappa shape index (κ3) is 2.92. The second-order valence-electron chi connectivity index (χ2n) is 7.01. The minimum Gasteiger partial charge on any atom is -0.508 e. The maximum absolute atomic E-state index is 12.4. The van der Waals surface area contributed by atoms with Crippen molar-refractivity contribution in [2.45, 2.75) is 53.9 Å². The smallest absolute Gasteiger partial charge is 0.168 e. The van der Waals surface area contributed by atoms with Gasteiger partial charge in [-0.2, -0.15) is 0 Å². The van der Waals surface area contributed by atoms with Crippen molar-refractivity contribution in [3.8, 4) is 5.75 Å². The molecule has 0 heterocycles. The summed E-state index contributed by atoms with van der Waals surface area (Å²) in [5.41, 5.74) is 1.79. The van der Waals surface area contributed by atoms with Crippen molar-refractivity contribution in [1.82, 2.24) is 0 Å². The van der Waals surface area contributed by atoms with Crippen LogP contribution in [0.5, 0.6) is 5.75 Å². The van der Waals surface area contributed by atoms with Gasteiger partial charge in [0.2, 0.25) is 0 Å². The van der Waals surface area contributed by atoms with Gasteiger partial charge in [0.1, 0.15) is 5.75 Å². The fourth-order valence-corrected chi connectivity index (χ4v) is 1.94. The highest BCUT2D eigenvalue weighted by Gasteiger charge is 2.27. The molecule has 0 amide bonds. The van der Waals surface area contributed by atoms with Gasteiger partial charge >= 0.3 is 0 Å². The van der Waals surface area contributed by atoms with Crippen LogP contribution < -0.4 is 0 Å². The molecule has 0 aliphatic carbocycles. The number of phenolic OH excluding ortho intramolecular Hbond substituents is 1. The Morgan fingerprint density at radius 1 is 1.06 bits per heavy atom. The SMILES string of the molecule is Cc1cc(O)c(C(C)(C)C)cc1C(=O)C(C)(C)C. The molecule has 0 fully saturated rings. The number of aryl methyl sites for hydroxylation is 1. The van der Waals surface area contributed by atoms with Crippen molar-refractivity contribution in [2.24, 2.45) is 5.41 Å². The van der Waals surface area contributed by atoms with Gasteiger partial charge in [0.05, 0.1) is 0 Å². The molecule has 1 aromatic carbocycles. The summed E-state index contributed by atoms with van der Waals surface area (Å²) in [5, 5.41) is 10.0. The summed E-state index contributed by atoms with van der Waals surface area (Å²) < 4.78 is 0. The molecule has 2 heteroatoms. The van der Waals surface area contributed by atoms with Gasteiger partial charge in [0, 0.05) is 11.0 Å². The quantitative estimate of drug-likeness (QED) is 0.755. The predicted octanol–water partition coefficient (Wildman–Crippen LogP) is 4.23. The molecule has 0 spiro atoms. The molecule has 0 unspecified atom stereocenters. The molecule has 0 atom stereocenters. The zero-order valence-corrected chi connectivity index (χ0v) is 12.5. The van der Waals surface area contributed by atoms with E-state index in [-0.39, 0.29) is 16.9 Å². The molecule has 100 valence electrons. The summed E-state index contributed by atoms with van der Waals surface area (Å²) in [6.07, 6.45) is 0. The summed E-state index contributed by atoms with van der Waals surface area (Å²) >= 11 is 0. The molecule has 0 saturated heterocycles. The number of carbonyl (C=O) groups excluding carboxylic acids is 1. The second kappa shape index (κ2) is 4.42. The van der Waals surface area contributed by atoms with Crippen LogP contribution in [0.2, 0.25) is 0 Å². The van der Waals surface area contributed by atoms with Gasteiger partial charge < -0.3 is 5.11 Å². The lowest BCUT2D eigenvalue weighted by atomic mass is 9.80. The van der Waals surface area contributed by atoms with Crippen molar-refractivity contribution >= 4 is 5.78 Å². The van der Waals surface area contributed by atoms with E-state index in [2.05, 4.69) is 0 Å². The molecule has 1 N–H and O–H groups in total. The van der Waals surface area contributed by atoms with Crippen LogP contribution in [-0.4, -0.2) is 10.9 Å². The second-order valence-corrected chi connectivity index (χ2v) is 7.01. The molecule has 0 aliphatic heterocycles. The minimum atomic E-state index is -0.406. The van der Waals surface area contributed by atoms with Crippen molar-refractivity contribution in [1.29, 1.82) is 0 Å². The average Bonchev–Trinajstić information content (AvgIpc) is 2.13. The number of benzene rings is 1. The Morgan fingerprint density at radius 3 is 1.94 bits per heavy atom. The molecule has 0 bridgehead atoms. The number of hydrogen-bond donors (Lipinski definition) is 1. The van der Waals surface area contributed by atoms with E-state index in [0.29, 0.717) is 5.56 Å². The molecule has 1 aromatic rings. The lowest BCUT2D eigenvalue weighted by Crippen LogP contribution is -2.22. The average molecular weight is 248 g/mol. The Hall–Kier alpha value is -1.31. The number of phenols is 1. The Balaban J connectivity index is 3.44. The molecule has 0 aromatic heterocycles.